The molecule has 122 valence electrons. The number of hydrogen-bond acceptors (Lipinski definition) is 2. The molecule has 0 unspecified atom stereocenters. The molecule has 0 saturated carbocycles. The molecule has 0 fully saturated rings. The maximum Gasteiger partial charge on any atom is 0.190 e. The van der Waals surface area contributed by atoms with Crippen molar-refractivity contribution < 1.29 is 0 Å². The number of halogens is 1. The topological polar surface area (TPSA) is 54.2 Å². The predicted molar refractivity (Wildman–Crippen MR) is 101 cm³/mol. The number of nitrogens with zero attached hydrogens (tertiary/aromatic N) is 3. The van der Waals surface area contributed by atoms with E-state index < -0.39 is 0 Å². The number of nitrogens with one attached hydrogen (secondary N) is 2. The van der Waals surface area contributed by atoms with Crippen LogP contribution in [0.5, 0.6) is 0 Å². The second kappa shape index (κ2) is 11.8. The number of unbranched alkanes of at least 4 members (excludes halogenated alkanes) is 2. The zero-order valence-corrected chi connectivity index (χ0v) is 16.1. The summed E-state index contributed by atoms with van der Waals surface area (Å²) in [5, 5.41) is 11.1. The molecular weight excluding hydrogens is 377 g/mol. The zero-order valence-electron chi connectivity index (χ0n) is 13.8. The summed E-state index contributed by atoms with van der Waals surface area (Å²) in [5.74, 6) is 0.898. The molecule has 1 aromatic heterocycles. The van der Waals surface area contributed by atoms with Crippen LogP contribution >= 0.6 is 24.0 Å². The van der Waals surface area contributed by atoms with E-state index in [9.17, 15) is 0 Å². The van der Waals surface area contributed by atoms with Crippen LogP contribution in [-0.2, 0) is 6.54 Å². The van der Waals surface area contributed by atoms with Crippen LogP contribution < -0.4 is 10.6 Å². The smallest absolute Gasteiger partial charge is 0.190 e. The summed E-state index contributed by atoms with van der Waals surface area (Å²) in [6, 6.07) is 2.11. The number of aromatic nitrogens is 2. The highest BCUT2D eigenvalue weighted by molar-refractivity contribution is 14.0. The van der Waals surface area contributed by atoms with Gasteiger partial charge in [0, 0.05) is 32.4 Å². The van der Waals surface area contributed by atoms with Crippen LogP contribution in [-0.4, -0.2) is 35.9 Å². The van der Waals surface area contributed by atoms with Crippen molar-refractivity contribution in [3.8, 4) is 0 Å². The van der Waals surface area contributed by atoms with Crippen molar-refractivity contribution >= 4 is 29.9 Å². The van der Waals surface area contributed by atoms with Gasteiger partial charge in [0.1, 0.15) is 0 Å². The first-order valence-electron chi connectivity index (χ1n) is 7.63. The number of hydrogen-bond donors (Lipinski definition) is 2. The summed E-state index contributed by atoms with van der Waals surface area (Å²) in [6.45, 7) is 9.19. The molecule has 1 rings (SSSR count). The Morgan fingerprint density at radius 3 is 2.38 bits per heavy atom. The van der Waals surface area contributed by atoms with Crippen molar-refractivity contribution in [1.29, 1.82) is 0 Å². The molecule has 0 aliphatic heterocycles. The largest absolute Gasteiger partial charge is 0.356 e. The molecular formula is C15H30IN5. The number of guanidine groups is 1. The first kappa shape index (κ1) is 20.2. The van der Waals surface area contributed by atoms with E-state index in [1.165, 1.54) is 25.0 Å². The van der Waals surface area contributed by atoms with Crippen molar-refractivity contribution in [1.82, 2.24) is 20.4 Å². The summed E-state index contributed by atoms with van der Waals surface area (Å²) in [5.41, 5.74) is 2.31. The lowest BCUT2D eigenvalue weighted by Gasteiger charge is -2.12. The van der Waals surface area contributed by atoms with Gasteiger partial charge in [-0.1, -0.05) is 19.8 Å². The van der Waals surface area contributed by atoms with Gasteiger partial charge in [-0.2, -0.15) is 5.10 Å². The molecule has 1 aromatic rings. The SMILES string of the molecule is CCCCCNC(=NC)NCCCn1nc(C)cc1C.I. The fourth-order valence-corrected chi connectivity index (χ4v) is 2.14. The average molecular weight is 407 g/mol. The lowest BCUT2D eigenvalue weighted by molar-refractivity contribution is 0.554. The van der Waals surface area contributed by atoms with Crippen LogP contribution in [0, 0.1) is 13.8 Å². The first-order valence-corrected chi connectivity index (χ1v) is 7.63. The van der Waals surface area contributed by atoms with Gasteiger partial charge in [0.25, 0.3) is 0 Å². The fraction of sp³-hybridized carbons (Fsp3) is 0.733. The second-order valence-corrected chi connectivity index (χ2v) is 5.14. The van der Waals surface area contributed by atoms with Crippen molar-refractivity contribution in [2.24, 2.45) is 4.99 Å². The van der Waals surface area contributed by atoms with Gasteiger partial charge in [-0.05, 0) is 32.8 Å². The molecule has 0 aliphatic carbocycles. The van der Waals surface area contributed by atoms with Crippen LogP contribution in [0.4, 0.5) is 0 Å². The highest BCUT2D eigenvalue weighted by Gasteiger charge is 2.01. The van der Waals surface area contributed by atoms with Gasteiger partial charge < -0.3 is 10.6 Å². The maximum atomic E-state index is 4.46. The minimum atomic E-state index is 0. The maximum absolute atomic E-state index is 4.46. The van der Waals surface area contributed by atoms with E-state index in [1.54, 1.807) is 0 Å². The quantitative estimate of drug-likeness (QED) is 0.302. The molecule has 2 N–H and O–H groups in total. The van der Waals surface area contributed by atoms with E-state index >= 15 is 0 Å². The van der Waals surface area contributed by atoms with E-state index in [1.807, 2.05) is 14.0 Å². The Kier molecular flexibility index (Phi) is 11.4. The summed E-state index contributed by atoms with van der Waals surface area (Å²) in [4.78, 5) is 4.22. The third-order valence-electron chi connectivity index (χ3n) is 3.24. The summed E-state index contributed by atoms with van der Waals surface area (Å²) < 4.78 is 2.06. The number of aliphatic imine (C=N–C) groups is 1. The van der Waals surface area contributed by atoms with E-state index in [2.05, 4.69) is 45.3 Å². The third-order valence-corrected chi connectivity index (χ3v) is 3.24. The zero-order chi connectivity index (χ0) is 14.8. The monoisotopic (exact) mass is 407 g/mol. The average Bonchev–Trinajstić information content (AvgIpc) is 2.75. The van der Waals surface area contributed by atoms with Crippen LogP contribution in [0.25, 0.3) is 0 Å². The van der Waals surface area contributed by atoms with Gasteiger partial charge in [-0.25, -0.2) is 0 Å². The van der Waals surface area contributed by atoms with E-state index in [-0.39, 0.29) is 24.0 Å². The molecule has 0 atom stereocenters. The molecule has 0 bridgehead atoms. The lowest BCUT2D eigenvalue weighted by Crippen LogP contribution is -2.38. The molecule has 0 amide bonds. The van der Waals surface area contributed by atoms with Crippen molar-refractivity contribution in [3.05, 3.63) is 17.5 Å². The van der Waals surface area contributed by atoms with E-state index in [0.717, 1.165) is 37.7 Å². The lowest BCUT2D eigenvalue weighted by atomic mass is 10.2. The molecule has 0 spiro atoms. The Balaban J connectivity index is 0.00000400. The fourth-order valence-electron chi connectivity index (χ4n) is 2.14. The minimum Gasteiger partial charge on any atom is -0.356 e. The van der Waals surface area contributed by atoms with E-state index in [0.29, 0.717) is 0 Å². The van der Waals surface area contributed by atoms with Gasteiger partial charge in [0.05, 0.1) is 5.69 Å². The van der Waals surface area contributed by atoms with Crippen LogP contribution in [0.15, 0.2) is 11.1 Å². The van der Waals surface area contributed by atoms with Gasteiger partial charge in [0.15, 0.2) is 5.96 Å². The normalized spacial score (nSPS) is 11.1. The molecule has 21 heavy (non-hydrogen) atoms. The molecule has 0 saturated heterocycles. The molecule has 5 nitrogen and oxygen atoms in total. The Morgan fingerprint density at radius 1 is 1.19 bits per heavy atom. The first-order chi connectivity index (χ1) is 9.67. The third kappa shape index (κ3) is 8.28. The number of aryl methyl sites for hydroxylation is 3. The van der Waals surface area contributed by atoms with Crippen molar-refractivity contribution in [2.45, 2.75) is 53.0 Å². The Bertz CT molecular complexity index is 414. The highest BCUT2D eigenvalue weighted by atomic mass is 127. The van der Waals surface area contributed by atoms with Crippen LogP contribution in [0.1, 0.15) is 44.0 Å². The Labute approximate surface area is 146 Å². The highest BCUT2D eigenvalue weighted by Crippen LogP contribution is 2.02. The molecule has 0 aliphatic rings. The minimum absolute atomic E-state index is 0. The van der Waals surface area contributed by atoms with Gasteiger partial charge >= 0.3 is 0 Å². The van der Waals surface area contributed by atoms with Gasteiger partial charge in [0.2, 0.25) is 0 Å². The summed E-state index contributed by atoms with van der Waals surface area (Å²) in [6.07, 6.45) is 4.75. The summed E-state index contributed by atoms with van der Waals surface area (Å²) >= 11 is 0. The Morgan fingerprint density at radius 2 is 1.86 bits per heavy atom. The van der Waals surface area contributed by atoms with Gasteiger partial charge in [-0.15, -0.1) is 24.0 Å². The van der Waals surface area contributed by atoms with Crippen LogP contribution in [0.3, 0.4) is 0 Å². The summed E-state index contributed by atoms with van der Waals surface area (Å²) in [7, 11) is 1.82. The number of rotatable bonds is 8. The molecule has 0 radical (unpaired) electrons. The Hall–Kier alpha value is -0.790. The standard InChI is InChI=1S/C15H29N5.HI/c1-5-6-7-9-17-15(16-4)18-10-8-11-20-14(3)12-13(2)19-20;/h12H,5-11H2,1-4H3,(H2,16,17,18);1H. The molecule has 6 heteroatoms. The van der Waals surface area contributed by atoms with Crippen LogP contribution in [0.2, 0.25) is 0 Å². The molecule has 0 aromatic carbocycles. The van der Waals surface area contributed by atoms with Crippen molar-refractivity contribution in [3.63, 3.8) is 0 Å². The van der Waals surface area contributed by atoms with Crippen molar-refractivity contribution in [2.75, 3.05) is 20.1 Å². The van der Waals surface area contributed by atoms with E-state index in [4.69, 9.17) is 0 Å². The second-order valence-electron chi connectivity index (χ2n) is 5.14. The predicted octanol–water partition coefficient (Wildman–Crippen LogP) is 2.86. The van der Waals surface area contributed by atoms with Gasteiger partial charge in [-0.3, -0.25) is 9.67 Å². The molecule has 1 heterocycles.